The van der Waals surface area contributed by atoms with Gasteiger partial charge in [0, 0.05) is 11.1 Å². The number of benzene rings is 2. The van der Waals surface area contributed by atoms with Gasteiger partial charge in [-0.2, -0.15) is 0 Å². The van der Waals surface area contributed by atoms with Crippen LogP contribution >= 0.6 is 0 Å². The van der Waals surface area contributed by atoms with Crippen LogP contribution in [0.3, 0.4) is 0 Å². The Morgan fingerprint density at radius 2 is 1.42 bits per heavy atom. The van der Waals surface area contributed by atoms with E-state index in [1.165, 1.54) is 11.1 Å². The van der Waals surface area contributed by atoms with Gasteiger partial charge in [0.1, 0.15) is 0 Å². The number of carbonyl (C=O) groups excluding carboxylic acids is 1. The van der Waals surface area contributed by atoms with E-state index < -0.39 is 0 Å². The Kier molecular flexibility index (Phi) is 4.80. The van der Waals surface area contributed by atoms with Crippen LogP contribution in [0.4, 0.5) is 0 Å². The minimum atomic E-state index is 0.209. The molecule has 2 aromatic carbocycles. The third-order valence-electron chi connectivity index (χ3n) is 4.95. The highest BCUT2D eigenvalue weighted by Gasteiger charge is 2.26. The number of Topliss-reactive ketones (excluding diaryl/α,β-unsaturated/α-hetero) is 1. The molecule has 0 aliphatic heterocycles. The van der Waals surface area contributed by atoms with E-state index in [1.807, 2.05) is 24.3 Å². The average molecular weight is 316 g/mol. The first-order valence-corrected chi connectivity index (χ1v) is 8.64. The molecule has 0 radical (unpaired) electrons. The Morgan fingerprint density at radius 3 is 2.00 bits per heavy atom. The molecule has 2 aromatic rings. The number of carbonyl (C=O) groups is 1. The topological polar surface area (TPSA) is 17.1 Å². The van der Waals surface area contributed by atoms with E-state index in [9.17, 15) is 4.79 Å². The smallest absolute Gasteiger partial charge is 0.185 e. The number of hydrogen-bond donors (Lipinski definition) is 0. The molecule has 0 spiro atoms. The highest BCUT2D eigenvalue weighted by atomic mass is 16.1. The molecule has 1 saturated carbocycles. The van der Waals surface area contributed by atoms with Crippen LogP contribution in [0.15, 0.2) is 59.7 Å². The number of ketones is 1. The lowest BCUT2D eigenvalue weighted by Gasteiger charge is -2.23. The molecule has 1 heteroatoms. The van der Waals surface area contributed by atoms with Crippen molar-refractivity contribution in [1.29, 1.82) is 0 Å². The van der Waals surface area contributed by atoms with E-state index in [2.05, 4.69) is 57.2 Å². The Labute approximate surface area is 144 Å². The molecule has 3 rings (SSSR count). The van der Waals surface area contributed by atoms with Gasteiger partial charge in [0.15, 0.2) is 5.78 Å². The second-order valence-corrected chi connectivity index (χ2v) is 6.75. The van der Waals surface area contributed by atoms with Crippen LogP contribution < -0.4 is 0 Å². The predicted octanol–water partition coefficient (Wildman–Crippen LogP) is 5.77. The van der Waals surface area contributed by atoms with Crippen LogP contribution in [0.1, 0.15) is 42.0 Å². The van der Waals surface area contributed by atoms with Gasteiger partial charge in [-0.3, -0.25) is 4.79 Å². The maximum absolute atomic E-state index is 13.0. The Hall–Kier alpha value is -2.41. The second kappa shape index (κ2) is 7.00. The summed E-state index contributed by atoms with van der Waals surface area (Å²) in [6.07, 6.45) is 6.06. The minimum absolute atomic E-state index is 0.209. The number of hydrogen-bond acceptors (Lipinski definition) is 1. The lowest BCUT2D eigenvalue weighted by atomic mass is 9.79. The fourth-order valence-electron chi connectivity index (χ4n) is 3.25. The fourth-order valence-corrected chi connectivity index (χ4v) is 3.25. The maximum Gasteiger partial charge on any atom is 0.185 e. The van der Waals surface area contributed by atoms with Crippen molar-refractivity contribution < 1.29 is 4.79 Å². The minimum Gasteiger partial charge on any atom is -0.289 e. The molecule has 0 bridgehead atoms. The van der Waals surface area contributed by atoms with Crippen molar-refractivity contribution in [2.45, 2.75) is 33.6 Å². The molecule has 0 aromatic heterocycles. The highest BCUT2D eigenvalue weighted by Crippen LogP contribution is 2.33. The fraction of sp³-hybridized carbons (Fsp3) is 0.261. The summed E-state index contributed by atoms with van der Waals surface area (Å²) < 4.78 is 0. The molecular formula is C23H24O. The molecule has 0 N–H and O–H groups in total. The van der Waals surface area contributed by atoms with Crippen molar-refractivity contribution >= 4 is 17.9 Å². The van der Waals surface area contributed by atoms with E-state index in [-0.39, 0.29) is 5.78 Å². The molecule has 1 unspecified atom stereocenters. The van der Waals surface area contributed by atoms with Gasteiger partial charge in [0.05, 0.1) is 0 Å². The quantitative estimate of drug-likeness (QED) is 0.643. The summed E-state index contributed by atoms with van der Waals surface area (Å²) in [6.45, 7) is 6.34. The first kappa shape index (κ1) is 16.4. The van der Waals surface area contributed by atoms with Crippen LogP contribution in [0.5, 0.6) is 0 Å². The lowest BCUT2D eigenvalue weighted by molar-refractivity contribution is -0.113. The van der Waals surface area contributed by atoms with Crippen LogP contribution in [-0.2, 0) is 4.79 Å². The highest BCUT2D eigenvalue weighted by molar-refractivity contribution is 6.14. The monoisotopic (exact) mass is 316 g/mol. The summed E-state index contributed by atoms with van der Waals surface area (Å²) in [6, 6.07) is 16.5. The predicted molar refractivity (Wildman–Crippen MR) is 102 cm³/mol. The summed E-state index contributed by atoms with van der Waals surface area (Å²) in [7, 11) is 0. The second-order valence-electron chi connectivity index (χ2n) is 6.75. The van der Waals surface area contributed by atoms with E-state index >= 15 is 0 Å². The molecule has 0 saturated heterocycles. The summed E-state index contributed by atoms with van der Waals surface area (Å²) in [5.74, 6) is 0.520. The van der Waals surface area contributed by atoms with Crippen molar-refractivity contribution in [3.05, 3.63) is 81.9 Å². The van der Waals surface area contributed by atoms with Crippen molar-refractivity contribution in [3.63, 3.8) is 0 Å². The van der Waals surface area contributed by atoms with E-state index in [4.69, 9.17) is 0 Å². The average Bonchev–Trinajstić information content (AvgIpc) is 2.57. The molecular weight excluding hydrogens is 292 g/mol. The standard InChI is InChI=1S/C23H24O/c1-16-8-4-6-10-19(16)14-21-13-12-18(3)22(23(21)24)15-20-11-7-5-9-17(20)2/h4-11,14-15,18H,12-13H2,1-3H3/b21-14+,22-15+. The molecule has 1 nitrogen and oxygen atoms in total. The van der Waals surface area contributed by atoms with Gasteiger partial charge in [0.25, 0.3) is 0 Å². The lowest BCUT2D eigenvalue weighted by Crippen LogP contribution is -2.19. The molecule has 1 aliphatic rings. The Bertz CT molecular complexity index is 823. The van der Waals surface area contributed by atoms with Gasteiger partial charge in [-0.25, -0.2) is 0 Å². The summed E-state index contributed by atoms with van der Waals surface area (Å²) in [5.41, 5.74) is 6.58. The summed E-state index contributed by atoms with van der Waals surface area (Å²) in [4.78, 5) is 13.0. The molecule has 1 aliphatic carbocycles. The summed E-state index contributed by atoms with van der Waals surface area (Å²) >= 11 is 0. The molecule has 1 atom stereocenters. The third kappa shape index (κ3) is 3.41. The van der Waals surface area contributed by atoms with Crippen LogP contribution in [0.25, 0.3) is 12.2 Å². The van der Waals surface area contributed by atoms with Crippen LogP contribution in [0.2, 0.25) is 0 Å². The van der Waals surface area contributed by atoms with Gasteiger partial charge in [-0.05, 0) is 67.0 Å². The van der Waals surface area contributed by atoms with Gasteiger partial charge in [-0.1, -0.05) is 55.5 Å². The molecule has 0 heterocycles. The van der Waals surface area contributed by atoms with Crippen LogP contribution in [0, 0.1) is 19.8 Å². The normalized spacial score (nSPS) is 21.5. The number of rotatable bonds is 2. The van der Waals surface area contributed by atoms with Crippen molar-refractivity contribution in [1.82, 2.24) is 0 Å². The van der Waals surface area contributed by atoms with Gasteiger partial charge >= 0.3 is 0 Å². The van der Waals surface area contributed by atoms with Crippen molar-refractivity contribution in [2.24, 2.45) is 5.92 Å². The first-order valence-electron chi connectivity index (χ1n) is 8.64. The van der Waals surface area contributed by atoms with Gasteiger partial charge < -0.3 is 0 Å². The van der Waals surface area contributed by atoms with Gasteiger partial charge in [-0.15, -0.1) is 0 Å². The zero-order valence-electron chi connectivity index (χ0n) is 14.7. The van der Waals surface area contributed by atoms with Gasteiger partial charge in [0.2, 0.25) is 0 Å². The molecule has 122 valence electrons. The zero-order chi connectivity index (χ0) is 17.1. The largest absolute Gasteiger partial charge is 0.289 e. The SMILES string of the molecule is Cc1ccccc1/C=C1\CCC(C)/C(=C\c2ccccc2C)C1=O. The van der Waals surface area contributed by atoms with E-state index in [0.717, 1.165) is 35.1 Å². The number of allylic oxidation sites excluding steroid dienone is 2. The molecule has 0 amide bonds. The summed E-state index contributed by atoms with van der Waals surface area (Å²) in [5, 5.41) is 0. The zero-order valence-corrected chi connectivity index (χ0v) is 14.7. The van der Waals surface area contributed by atoms with E-state index in [1.54, 1.807) is 0 Å². The Balaban J connectivity index is 1.98. The third-order valence-corrected chi connectivity index (χ3v) is 4.95. The first-order chi connectivity index (χ1) is 11.6. The Morgan fingerprint density at radius 1 is 0.875 bits per heavy atom. The molecule has 24 heavy (non-hydrogen) atoms. The van der Waals surface area contributed by atoms with Crippen LogP contribution in [-0.4, -0.2) is 5.78 Å². The van der Waals surface area contributed by atoms with Crippen molar-refractivity contribution in [3.8, 4) is 0 Å². The maximum atomic E-state index is 13.0. The van der Waals surface area contributed by atoms with E-state index in [0.29, 0.717) is 5.92 Å². The van der Waals surface area contributed by atoms with Crippen molar-refractivity contribution in [2.75, 3.05) is 0 Å². The number of aryl methyl sites for hydroxylation is 2. The molecule has 1 fully saturated rings.